The van der Waals surface area contributed by atoms with Crippen molar-refractivity contribution in [1.29, 1.82) is 0 Å². The zero-order valence-corrected chi connectivity index (χ0v) is 20.6. The maximum atomic E-state index is 13.1. The van der Waals surface area contributed by atoms with Gasteiger partial charge in [-0.2, -0.15) is 0 Å². The van der Waals surface area contributed by atoms with Gasteiger partial charge in [-0.1, -0.05) is 54.6 Å². The molecular formula is C29H28N2O4S. The van der Waals surface area contributed by atoms with Gasteiger partial charge in [0.05, 0.1) is 13.2 Å². The molecule has 0 bridgehead atoms. The average molecular weight is 501 g/mol. The summed E-state index contributed by atoms with van der Waals surface area (Å²) in [5, 5.41) is 7.69. The van der Waals surface area contributed by atoms with Crippen LogP contribution in [-0.4, -0.2) is 24.5 Å². The first-order valence-corrected chi connectivity index (χ1v) is 12.6. The number of carbonyl (C=O) groups excluding carboxylic acids is 2. The van der Waals surface area contributed by atoms with E-state index in [2.05, 4.69) is 10.6 Å². The number of carbonyl (C=O) groups is 2. The second-order valence-electron chi connectivity index (χ2n) is 8.13. The van der Waals surface area contributed by atoms with E-state index in [0.717, 1.165) is 16.2 Å². The minimum absolute atomic E-state index is 0.0562. The summed E-state index contributed by atoms with van der Waals surface area (Å²) in [5.41, 5.74) is 1.59. The summed E-state index contributed by atoms with van der Waals surface area (Å²) in [4.78, 5) is 26.8. The highest BCUT2D eigenvalue weighted by Gasteiger charge is 2.21. The zero-order valence-electron chi connectivity index (χ0n) is 19.8. The predicted molar refractivity (Wildman–Crippen MR) is 142 cm³/mol. The number of ether oxygens (including phenoxy) is 2. The lowest BCUT2D eigenvalue weighted by molar-refractivity contribution is -0.128. The van der Waals surface area contributed by atoms with Crippen molar-refractivity contribution in [3.8, 4) is 11.5 Å². The van der Waals surface area contributed by atoms with E-state index < -0.39 is 6.04 Å². The van der Waals surface area contributed by atoms with Crippen LogP contribution >= 0.6 is 11.3 Å². The summed E-state index contributed by atoms with van der Waals surface area (Å²) < 4.78 is 11.6. The van der Waals surface area contributed by atoms with Gasteiger partial charge in [0.1, 0.15) is 17.5 Å². The first-order valence-electron chi connectivity index (χ1n) is 11.7. The minimum atomic E-state index is -0.829. The molecule has 0 saturated heterocycles. The van der Waals surface area contributed by atoms with Gasteiger partial charge in [-0.05, 0) is 59.8 Å². The van der Waals surface area contributed by atoms with Gasteiger partial charge >= 0.3 is 0 Å². The second-order valence-corrected chi connectivity index (χ2v) is 9.16. The molecular weight excluding hydrogens is 472 g/mol. The quantitative estimate of drug-likeness (QED) is 0.257. The molecule has 7 heteroatoms. The lowest BCUT2D eigenvalue weighted by Gasteiger charge is -2.19. The Morgan fingerprint density at radius 1 is 0.806 bits per heavy atom. The van der Waals surface area contributed by atoms with E-state index in [1.807, 2.05) is 78.2 Å². The van der Waals surface area contributed by atoms with E-state index in [4.69, 9.17) is 9.47 Å². The molecule has 4 aromatic rings. The molecule has 0 fully saturated rings. The Balaban J connectivity index is 1.34. The van der Waals surface area contributed by atoms with Crippen LogP contribution in [0.5, 0.6) is 11.5 Å². The summed E-state index contributed by atoms with van der Waals surface area (Å²) in [6.07, 6.45) is 0.931. The molecule has 0 aliphatic heterocycles. The van der Waals surface area contributed by atoms with Gasteiger partial charge < -0.3 is 20.1 Å². The standard InChI is InChI=1S/C29H28N2O4S/c32-28(18-17-26-12-7-19-36-26)31-27(21-34-20-22-8-3-1-4-9-22)29(33)30-23-13-15-25(16-14-23)35-24-10-5-2-6-11-24/h1-16,19,27H,17-18,20-21H2,(H,30,33)(H,31,32). The van der Waals surface area contributed by atoms with Crippen LogP contribution in [0.4, 0.5) is 5.69 Å². The third-order valence-corrected chi connectivity index (χ3v) is 6.26. The van der Waals surface area contributed by atoms with Crippen LogP contribution in [-0.2, 0) is 27.4 Å². The third-order valence-electron chi connectivity index (χ3n) is 5.33. The highest BCUT2D eigenvalue weighted by molar-refractivity contribution is 7.09. The van der Waals surface area contributed by atoms with Crippen LogP contribution in [0.2, 0.25) is 0 Å². The summed E-state index contributed by atoms with van der Waals surface area (Å²) in [5.74, 6) is 0.849. The highest BCUT2D eigenvalue weighted by atomic mass is 32.1. The SMILES string of the molecule is O=C(CCc1cccs1)NC(COCc1ccccc1)C(=O)Nc1ccc(Oc2ccccc2)cc1. The lowest BCUT2D eigenvalue weighted by Crippen LogP contribution is -2.46. The molecule has 0 saturated carbocycles. The van der Waals surface area contributed by atoms with Crippen molar-refractivity contribution in [1.82, 2.24) is 5.32 Å². The van der Waals surface area contributed by atoms with Crippen LogP contribution in [0.25, 0.3) is 0 Å². The van der Waals surface area contributed by atoms with Gasteiger partial charge in [-0.25, -0.2) is 0 Å². The second kappa shape index (κ2) is 13.2. The Bertz CT molecular complexity index is 1210. The maximum Gasteiger partial charge on any atom is 0.249 e. The van der Waals surface area contributed by atoms with Gasteiger partial charge in [0.25, 0.3) is 0 Å². The van der Waals surface area contributed by atoms with Crippen molar-refractivity contribution in [2.45, 2.75) is 25.5 Å². The van der Waals surface area contributed by atoms with Gasteiger partial charge in [0, 0.05) is 17.0 Å². The molecule has 2 amide bonds. The summed E-state index contributed by atoms with van der Waals surface area (Å²) in [6.45, 7) is 0.405. The fraction of sp³-hybridized carbons (Fsp3) is 0.172. The van der Waals surface area contributed by atoms with Crippen molar-refractivity contribution in [3.05, 3.63) is 113 Å². The van der Waals surface area contributed by atoms with Crippen molar-refractivity contribution in [3.63, 3.8) is 0 Å². The first kappa shape index (κ1) is 25.2. The smallest absolute Gasteiger partial charge is 0.249 e. The molecule has 1 aromatic heterocycles. The van der Waals surface area contributed by atoms with Gasteiger partial charge in [0.2, 0.25) is 11.8 Å². The average Bonchev–Trinajstić information content (AvgIpc) is 3.43. The number of thiophene rings is 1. The first-order chi connectivity index (χ1) is 17.7. The number of para-hydroxylation sites is 1. The summed E-state index contributed by atoms with van der Waals surface area (Å²) >= 11 is 1.61. The van der Waals surface area contributed by atoms with E-state index in [0.29, 0.717) is 30.9 Å². The normalized spacial score (nSPS) is 11.4. The number of rotatable bonds is 12. The highest BCUT2D eigenvalue weighted by Crippen LogP contribution is 2.22. The maximum absolute atomic E-state index is 13.1. The Hall–Kier alpha value is -3.94. The number of amides is 2. The fourth-order valence-electron chi connectivity index (χ4n) is 3.47. The van der Waals surface area contributed by atoms with Crippen molar-refractivity contribution in [2.24, 2.45) is 0 Å². The molecule has 0 spiro atoms. The van der Waals surface area contributed by atoms with Crippen molar-refractivity contribution in [2.75, 3.05) is 11.9 Å². The Morgan fingerprint density at radius 3 is 2.19 bits per heavy atom. The number of hydrogen-bond donors (Lipinski definition) is 2. The number of benzene rings is 3. The van der Waals surface area contributed by atoms with E-state index in [1.165, 1.54) is 0 Å². The van der Waals surface area contributed by atoms with Crippen LogP contribution in [0.15, 0.2) is 102 Å². The number of anilines is 1. The molecule has 1 unspecified atom stereocenters. The van der Waals surface area contributed by atoms with Crippen LogP contribution in [0.1, 0.15) is 16.9 Å². The minimum Gasteiger partial charge on any atom is -0.457 e. The Kier molecular flexibility index (Phi) is 9.25. The van der Waals surface area contributed by atoms with Crippen LogP contribution in [0.3, 0.4) is 0 Å². The van der Waals surface area contributed by atoms with Gasteiger partial charge in [0.15, 0.2) is 0 Å². The topological polar surface area (TPSA) is 76.7 Å². The van der Waals surface area contributed by atoms with E-state index in [-0.39, 0.29) is 18.4 Å². The molecule has 0 aliphatic carbocycles. The number of aryl methyl sites for hydroxylation is 1. The molecule has 2 N–H and O–H groups in total. The predicted octanol–water partition coefficient (Wildman–Crippen LogP) is 5.81. The van der Waals surface area contributed by atoms with Gasteiger partial charge in [-0.15, -0.1) is 11.3 Å². The fourth-order valence-corrected chi connectivity index (χ4v) is 4.18. The summed E-state index contributed by atoms with van der Waals surface area (Å²) in [6, 6.07) is 29.4. The Labute approximate surface area is 214 Å². The molecule has 4 rings (SSSR count). The van der Waals surface area contributed by atoms with E-state index in [1.54, 1.807) is 35.6 Å². The molecule has 184 valence electrons. The monoisotopic (exact) mass is 500 g/mol. The summed E-state index contributed by atoms with van der Waals surface area (Å²) in [7, 11) is 0. The molecule has 1 atom stereocenters. The lowest BCUT2D eigenvalue weighted by atomic mass is 10.2. The number of hydrogen-bond acceptors (Lipinski definition) is 5. The molecule has 0 aliphatic rings. The largest absolute Gasteiger partial charge is 0.457 e. The van der Waals surface area contributed by atoms with E-state index in [9.17, 15) is 9.59 Å². The van der Waals surface area contributed by atoms with Crippen LogP contribution in [0, 0.1) is 0 Å². The molecule has 3 aromatic carbocycles. The zero-order chi connectivity index (χ0) is 25.0. The molecule has 36 heavy (non-hydrogen) atoms. The Morgan fingerprint density at radius 2 is 1.50 bits per heavy atom. The molecule has 1 heterocycles. The van der Waals surface area contributed by atoms with Crippen molar-refractivity contribution < 1.29 is 19.1 Å². The van der Waals surface area contributed by atoms with Crippen LogP contribution < -0.4 is 15.4 Å². The molecule has 0 radical (unpaired) electrons. The number of nitrogens with one attached hydrogen (secondary N) is 2. The van der Waals surface area contributed by atoms with E-state index >= 15 is 0 Å². The van der Waals surface area contributed by atoms with Gasteiger partial charge in [-0.3, -0.25) is 9.59 Å². The van der Waals surface area contributed by atoms with Crippen molar-refractivity contribution >= 4 is 28.8 Å². The molecule has 6 nitrogen and oxygen atoms in total. The third kappa shape index (κ3) is 8.08.